The molecule has 1 rings (SSSR count). The van der Waals surface area contributed by atoms with Crippen LogP contribution >= 0.6 is 0 Å². The molecule has 3 nitrogen and oxygen atoms in total. The van der Waals surface area contributed by atoms with Gasteiger partial charge >= 0.3 is 0 Å². The maximum absolute atomic E-state index is 5.36. The zero-order chi connectivity index (χ0) is 15.2. The number of amidine groups is 1. The fraction of sp³-hybridized carbons (Fsp3) is 0.706. The highest BCUT2D eigenvalue weighted by molar-refractivity contribution is 5.88. The van der Waals surface area contributed by atoms with E-state index in [4.69, 9.17) is 9.73 Å². The van der Waals surface area contributed by atoms with Crippen molar-refractivity contribution >= 4 is 5.84 Å². The SMILES string of the molecule is C=CC[C@@H](C=C)N=C(N1CCC[C@H]1COC)C(C)(C)C. The molecular weight excluding hydrogens is 248 g/mol. The molecule has 0 aliphatic carbocycles. The van der Waals surface area contributed by atoms with Gasteiger partial charge in [-0.3, -0.25) is 4.99 Å². The van der Waals surface area contributed by atoms with Gasteiger partial charge in [0.25, 0.3) is 0 Å². The van der Waals surface area contributed by atoms with Crippen LogP contribution in [0.3, 0.4) is 0 Å². The van der Waals surface area contributed by atoms with E-state index >= 15 is 0 Å². The largest absolute Gasteiger partial charge is 0.383 e. The molecule has 0 aromatic rings. The maximum Gasteiger partial charge on any atom is 0.105 e. The third-order valence-electron chi connectivity index (χ3n) is 3.65. The van der Waals surface area contributed by atoms with E-state index in [0.717, 1.165) is 19.6 Å². The van der Waals surface area contributed by atoms with Gasteiger partial charge in [0.1, 0.15) is 5.84 Å². The second kappa shape index (κ2) is 7.63. The molecule has 1 fully saturated rings. The first kappa shape index (κ1) is 17.0. The summed E-state index contributed by atoms with van der Waals surface area (Å²) in [6.45, 7) is 16.2. The van der Waals surface area contributed by atoms with Gasteiger partial charge in [-0.25, -0.2) is 0 Å². The highest BCUT2D eigenvalue weighted by Crippen LogP contribution is 2.27. The molecule has 1 saturated heterocycles. The second-order valence-electron chi connectivity index (χ2n) is 6.47. The third kappa shape index (κ3) is 4.48. The lowest BCUT2D eigenvalue weighted by atomic mass is 9.93. The highest BCUT2D eigenvalue weighted by Gasteiger charge is 2.33. The number of hydrogen-bond donors (Lipinski definition) is 0. The summed E-state index contributed by atoms with van der Waals surface area (Å²) >= 11 is 0. The summed E-state index contributed by atoms with van der Waals surface area (Å²) in [4.78, 5) is 7.40. The van der Waals surface area contributed by atoms with Gasteiger partial charge in [-0.15, -0.1) is 13.2 Å². The minimum absolute atomic E-state index is 0.0265. The molecule has 114 valence electrons. The summed E-state index contributed by atoms with van der Waals surface area (Å²) in [6.07, 6.45) is 7.06. The van der Waals surface area contributed by atoms with Crippen LogP contribution in [0.15, 0.2) is 30.3 Å². The van der Waals surface area contributed by atoms with E-state index in [1.54, 1.807) is 7.11 Å². The molecule has 0 saturated carbocycles. The van der Waals surface area contributed by atoms with Crippen molar-refractivity contribution in [2.45, 2.75) is 52.1 Å². The van der Waals surface area contributed by atoms with Crippen LogP contribution in [0.4, 0.5) is 0 Å². The van der Waals surface area contributed by atoms with Crippen LogP contribution in [0.1, 0.15) is 40.0 Å². The Kier molecular flexibility index (Phi) is 6.47. The average Bonchev–Trinajstić information content (AvgIpc) is 2.81. The molecule has 0 unspecified atom stereocenters. The minimum atomic E-state index is 0.0265. The molecule has 20 heavy (non-hydrogen) atoms. The summed E-state index contributed by atoms with van der Waals surface area (Å²) in [7, 11) is 1.77. The number of ether oxygens (including phenoxy) is 1. The molecule has 0 N–H and O–H groups in total. The molecule has 0 spiro atoms. The summed E-state index contributed by atoms with van der Waals surface area (Å²) < 4.78 is 5.36. The molecule has 1 heterocycles. The van der Waals surface area contributed by atoms with Crippen molar-refractivity contribution in [3.8, 4) is 0 Å². The van der Waals surface area contributed by atoms with Gasteiger partial charge in [-0.2, -0.15) is 0 Å². The highest BCUT2D eigenvalue weighted by atomic mass is 16.5. The van der Waals surface area contributed by atoms with Crippen LogP contribution in [-0.2, 0) is 4.74 Å². The molecule has 0 bridgehead atoms. The van der Waals surface area contributed by atoms with E-state index in [9.17, 15) is 0 Å². The van der Waals surface area contributed by atoms with E-state index in [1.165, 1.54) is 18.7 Å². The monoisotopic (exact) mass is 278 g/mol. The van der Waals surface area contributed by atoms with Gasteiger partial charge in [0, 0.05) is 19.1 Å². The smallest absolute Gasteiger partial charge is 0.105 e. The first-order valence-corrected chi connectivity index (χ1v) is 7.51. The summed E-state index contributed by atoms with van der Waals surface area (Å²) in [5.41, 5.74) is 0.0265. The van der Waals surface area contributed by atoms with E-state index in [2.05, 4.69) is 38.8 Å². The van der Waals surface area contributed by atoms with Gasteiger partial charge in [0.15, 0.2) is 0 Å². The molecule has 0 radical (unpaired) electrons. The van der Waals surface area contributed by atoms with Crippen LogP contribution in [0, 0.1) is 5.41 Å². The van der Waals surface area contributed by atoms with Crippen LogP contribution in [0.5, 0.6) is 0 Å². The second-order valence-corrected chi connectivity index (χ2v) is 6.47. The lowest BCUT2D eigenvalue weighted by Crippen LogP contribution is -2.45. The quantitative estimate of drug-likeness (QED) is 0.421. The number of nitrogens with zero attached hydrogens (tertiary/aromatic N) is 2. The Labute approximate surface area is 124 Å². The molecule has 0 amide bonds. The fourth-order valence-electron chi connectivity index (χ4n) is 2.71. The molecule has 0 aromatic carbocycles. The zero-order valence-corrected chi connectivity index (χ0v) is 13.6. The van der Waals surface area contributed by atoms with E-state index in [0.29, 0.717) is 6.04 Å². The van der Waals surface area contributed by atoms with Crippen molar-refractivity contribution in [1.29, 1.82) is 0 Å². The van der Waals surface area contributed by atoms with Gasteiger partial charge in [0.2, 0.25) is 0 Å². The van der Waals surface area contributed by atoms with Gasteiger partial charge in [-0.1, -0.05) is 32.9 Å². The van der Waals surface area contributed by atoms with Gasteiger partial charge in [0.05, 0.1) is 18.7 Å². The predicted octanol–water partition coefficient (Wildman–Crippen LogP) is 3.67. The summed E-state index contributed by atoms with van der Waals surface area (Å²) in [5, 5.41) is 0. The third-order valence-corrected chi connectivity index (χ3v) is 3.65. The standard InChI is InChI=1S/C17H30N2O/c1-7-10-14(8-2)18-16(17(3,4)5)19-12-9-11-15(19)13-20-6/h7-8,14-15H,1-2,9-13H2,3-6H3/t14-,15+/m1/s1. The van der Waals surface area contributed by atoms with Crippen molar-refractivity contribution in [1.82, 2.24) is 4.90 Å². The Morgan fingerprint density at radius 2 is 2.15 bits per heavy atom. The van der Waals surface area contributed by atoms with Gasteiger partial charge in [-0.05, 0) is 19.3 Å². The fourth-order valence-corrected chi connectivity index (χ4v) is 2.71. The van der Waals surface area contributed by atoms with Crippen LogP contribution < -0.4 is 0 Å². The normalized spacial score (nSPS) is 21.9. The molecular formula is C17H30N2O. The lowest BCUT2D eigenvalue weighted by molar-refractivity contribution is 0.141. The van der Waals surface area contributed by atoms with Crippen LogP contribution in [-0.4, -0.2) is 43.1 Å². The van der Waals surface area contributed by atoms with Crippen molar-refractivity contribution in [3.05, 3.63) is 25.3 Å². The zero-order valence-electron chi connectivity index (χ0n) is 13.6. The summed E-state index contributed by atoms with van der Waals surface area (Å²) in [5.74, 6) is 1.17. The number of methoxy groups -OCH3 is 1. The Bertz CT molecular complexity index is 354. The maximum atomic E-state index is 5.36. The molecule has 1 aliphatic rings. The van der Waals surface area contributed by atoms with E-state index in [1.807, 2.05) is 12.2 Å². The first-order chi connectivity index (χ1) is 9.43. The molecule has 0 aromatic heterocycles. The van der Waals surface area contributed by atoms with Crippen molar-refractivity contribution in [3.63, 3.8) is 0 Å². The van der Waals surface area contributed by atoms with Crippen molar-refractivity contribution in [2.24, 2.45) is 10.4 Å². The number of hydrogen-bond acceptors (Lipinski definition) is 2. The minimum Gasteiger partial charge on any atom is -0.383 e. The molecule has 1 aliphatic heterocycles. The van der Waals surface area contributed by atoms with Gasteiger partial charge < -0.3 is 9.64 Å². The topological polar surface area (TPSA) is 24.8 Å². The Morgan fingerprint density at radius 1 is 1.45 bits per heavy atom. The number of aliphatic imine (C=N–C) groups is 1. The number of likely N-dealkylation sites (tertiary alicyclic amines) is 1. The Hall–Kier alpha value is -1.09. The number of rotatable bonds is 6. The van der Waals surface area contributed by atoms with Crippen molar-refractivity contribution < 1.29 is 4.74 Å². The molecule has 3 heteroatoms. The Morgan fingerprint density at radius 3 is 2.65 bits per heavy atom. The van der Waals surface area contributed by atoms with Crippen molar-refractivity contribution in [2.75, 3.05) is 20.3 Å². The first-order valence-electron chi connectivity index (χ1n) is 7.51. The summed E-state index contributed by atoms with van der Waals surface area (Å²) in [6, 6.07) is 0.567. The van der Waals surface area contributed by atoms with Crippen LogP contribution in [0.25, 0.3) is 0 Å². The van der Waals surface area contributed by atoms with E-state index < -0.39 is 0 Å². The molecule has 2 atom stereocenters. The predicted molar refractivity (Wildman–Crippen MR) is 87.3 cm³/mol. The average molecular weight is 278 g/mol. The van der Waals surface area contributed by atoms with Crippen LogP contribution in [0.2, 0.25) is 0 Å². The lowest BCUT2D eigenvalue weighted by Gasteiger charge is -2.35. The Balaban J connectivity index is 3.02. The van der Waals surface area contributed by atoms with E-state index in [-0.39, 0.29) is 11.5 Å².